The highest BCUT2D eigenvalue weighted by Crippen LogP contribution is 2.06. The van der Waals surface area contributed by atoms with Crippen LogP contribution in [0.3, 0.4) is 0 Å². The number of nitrogens with zero attached hydrogens (tertiary/aromatic N) is 1. The normalized spacial score (nSPS) is 18.2. The molecule has 12 heavy (non-hydrogen) atoms. The number of carbonyl (C=O) groups excluding carboxylic acids is 1. The zero-order valence-electron chi connectivity index (χ0n) is 7.71. The zero-order valence-corrected chi connectivity index (χ0v) is 7.71. The van der Waals surface area contributed by atoms with Crippen LogP contribution >= 0.6 is 0 Å². The van der Waals surface area contributed by atoms with Crippen LogP contribution in [-0.2, 0) is 4.79 Å². The summed E-state index contributed by atoms with van der Waals surface area (Å²) in [5.41, 5.74) is 1.13. The summed E-state index contributed by atoms with van der Waals surface area (Å²) in [6.45, 7) is 5.81. The Labute approximate surface area is 73.6 Å². The number of amides is 1. The fourth-order valence-electron chi connectivity index (χ4n) is 0.941. The van der Waals surface area contributed by atoms with Crippen molar-refractivity contribution in [2.24, 2.45) is 0 Å². The minimum Gasteiger partial charge on any atom is -0.339 e. The highest BCUT2D eigenvalue weighted by Gasteiger charge is 2.16. The number of allylic oxidation sites excluding steroid dienone is 3. The largest absolute Gasteiger partial charge is 0.339 e. The summed E-state index contributed by atoms with van der Waals surface area (Å²) < 4.78 is 0. The molecule has 0 unspecified atom stereocenters. The van der Waals surface area contributed by atoms with Gasteiger partial charge >= 0.3 is 0 Å². The van der Waals surface area contributed by atoms with Crippen molar-refractivity contribution < 1.29 is 4.79 Å². The molecule has 1 amide bonds. The molecule has 1 fully saturated rings. The van der Waals surface area contributed by atoms with Crippen molar-refractivity contribution in [3.05, 3.63) is 23.8 Å². The lowest BCUT2D eigenvalue weighted by molar-refractivity contribution is -0.129. The second-order valence-electron chi connectivity index (χ2n) is 3.04. The Kier molecular flexibility index (Phi) is 3.09. The second-order valence-corrected chi connectivity index (χ2v) is 3.04. The summed E-state index contributed by atoms with van der Waals surface area (Å²) >= 11 is 0. The van der Waals surface area contributed by atoms with Gasteiger partial charge in [0.15, 0.2) is 0 Å². The van der Waals surface area contributed by atoms with Gasteiger partial charge in [-0.3, -0.25) is 4.79 Å². The topological polar surface area (TPSA) is 20.3 Å². The van der Waals surface area contributed by atoms with E-state index in [1.807, 2.05) is 30.9 Å². The van der Waals surface area contributed by atoms with Crippen molar-refractivity contribution in [3.63, 3.8) is 0 Å². The van der Waals surface area contributed by atoms with Gasteiger partial charge in [-0.1, -0.05) is 17.7 Å². The van der Waals surface area contributed by atoms with Crippen LogP contribution in [0.25, 0.3) is 0 Å². The molecular formula is C10H15NO. The van der Waals surface area contributed by atoms with E-state index in [4.69, 9.17) is 0 Å². The maximum Gasteiger partial charge on any atom is 0.246 e. The van der Waals surface area contributed by atoms with Gasteiger partial charge in [0.05, 0.1) is 0 Å². The average Bonchev–Trinajstić information content (AvgIpc) is 1.97. The quantitative estimate of drug-likeness (QED) is 0.451. The molecule has 0 radical (unpaired) electrons. The summed E-state index contributed by atoms with van der Waals surface area (Å²) in [7, 11) is 0. The number of carbonyl (C=O) groups is 1. The fourth-order valence-corrected chi connectivity index (χ4v) is 0.941. The van der Waals surface area contributed by atoms with Crippen LogP contribution in [0, 0.1) is 0 Å². The number of rotatable bonds is 2. The highest BCUT2D eigenvalue weighted by molar-refractivity contribution is 5.88. The van der Waals surface area contributed by atoms with E-state index >= 15 is 0 Å². The lowest BCUT2D eigenvalue weighted by Gasteiger charge is -2.29. The van der Waals surface area contributed by atoms with Crippen molar-refractivity contribution in [1.82, 2.24) is 4.90 Å². The molecule has 1 saturated heterocycles. The van der Waals surface area contributed by atoms with E-state index in [1.165, 1.54) is 0 Å². The fraction of sp³-hybridized carbons (Fsp3) is 0.500. The molecule has 1 aliphatic heterocycles. The van der Waals surface area contributed by atoms with Crippen LogP contribution in [0.2, 0.25) is 0 Å². The molecule has 0 N–H and O–H groups in total. The van der Waals surface area contributed by atoms with Crippen LogP contribution in [0.1, 0.15) is 20.3 Å². The SMILES string of the molecule is C/C=C(C)\C=C\C(=O)N1CCC1. The summed E-state index contributed by atoms with van der Waals surface area (Å²) in [5.74, 6) is 0.141. The molecular weight excluding hydrogens is 150 g/mol. The van der Waals surface area contributed by atoms with Crippen molar-refractivity contribution >= 4 is 5.91 Å². The van der Waals surface area contributed by atoms with Crippen molar-refractivity contribution in [2.75, 3.05) is 13.1 Å². The first-order chi connectivity index (χ1) is 5.74. The molecule has 2 heteroatoms. The summed E-state index contributed by atoms with van der Waals surface area (Å²) in [5, 5.41) is 0. The standard InChI is InChI=1S/C10H15NO/c1-3-9(2)5-6-10(12)11-7-4-8-11/h3,5-6H,4,7-8H2,1-2H3/b6-5+,9-3-. The van der Waals surface area contributed by atoms with Gasteiger partial charge in [-0.05, 0) is 20.3 Å². The maximum atomic E-state index is 11.3. The van der Waals surface area contributed by atoms with E-state index in [9.17, 15) is 4.79 Å². The molecule has 66 valence electrons. The minimum absolute atomic E-state index is 0.141. The molecule has 0 atom stereocenters. The minimum atomic E-state index is 0.141. The molecule has 1 heterocycles. The van der Waals surface area contributed by atoms with E-state index in [-0.39, 0.29) is 5.91 Å². The Morgan fingerprint density at radius 1 is 1.33 bits per heavy atom. The van der Waals surface area contributed by atoms with Gasteiger partial charge < -0.3 is 4.90 Å². The Hall–Kier alpha value is -1.05. The molecule has 1 aliphatic rings. The smallest absolute Gasteiger partial charge is 0.246 e. The molecule has 0 aromatic carbocycles. The van der Waals surface area contributed by atoms with E-state index in [1.54, 1.807) is 6.08 Å². The summed E-state index contributed by atoms with van der Waals surface area (Å²) in [6.07, 6.45) is 6.65. The van der Waals surface area contributed by atoms with Gasteiger partial charge in [0.2, 0.25) is 5.91 Å². The van der Waals surface area contributed by atoms with Crippen LogP contribution in [0.15, 0.2) is 23.8 Å². The van der Waals surface area contributed by atoms with Gasteiger partial charge in [-0.25, -0.2) is 0 Å². The van der Waals surface area contributed by atoms with Gasteiger partial charge in [-0.15, -0.1) is 0 Å². The first kappa shape index (κ1) is 9.04. The molecule has 0 aromatic heterocycles. The Morgan fingerprint density at radius 2 is 2.00 bits per heavy atom. The summed E-state index contributed by atoms with van der Waals surface area (Å²) in [4.78, 5) is 13.1. The Balaban J connectivity index is 2.39. The third-order valence-corrected chi connectivity index (χ3v) is 2.11. The highest BCUT2D eigenvalue weighted by atomic mass is 16.2. The number of hydrogen-bond acceptors (Lipinski definition) is 1. The van der Waals surface area contributed by atoms with E-state index in [2.05, 4.69) is 0 Å². The Bertz CT molecular complexity index is 224. The predicted octanol–water partition coefficient (Wildman–Crippen LogP) is 1.74. The van der Waals surface area contributed by atoms with Crippen LogP contribution in [-0.4, -0.2) is 23.9 Å². The van der Waals surface area contributed by atoms with Gasteiger partial charge in [0.1, 0.15) is 0 Å². The van der Waals surface area contributed by atoms with Gasteiger partial charge in [0.25, 0.3) is 0 Å². The monoisotopic (exact) mass is 165 g/mol. The summed E-state index contributed by atoms with van der Waals surface area (Å²) in [6, 6.07) is 0. The predicted molar refractivity (Wildman–Crippen MR) is 49.8 cm³/mol. The zero-order chi connectivity index (χ0) is 8.97. The number of hydrogen-bond donors (Lipinski definition) is 0. The molecule has 2 nitrogen and oxygen atoms in total. The third-order valence-electron chi connectivity index (χ3n) is 2.11. The van der Waals surface area contributed by atoms with Gasteiger partial charge in [-0.2, -0.15) is 0 Å². The first-order valence-electron chi connectivity index (χ1n) is 4.34. The Morgan fingerprint density at radius 3 is 2.42 bits per heavy atom. The van der Waals surface area contributed by atoms with E-state index in [0.29, 0.717) is 0 Å². The molecule has 0 saturated carbocycles. The van der Waals surface area contributed by atoms with Crippen molar-refractivity contribution in [2.45, 2.75) is 20.3 Å². The third kappa shape index (κ3) is 2.22. The molecule has 1 rings (SSSR count). The van der Waals surface area contributed by atoms with Crippen LogP contribution in [0.4, 0.5) is 0 Å². The van der Waals surface area contributed by atoms with Crippen molar-refractivity contribution in [1.29, 1.82) is 0 Å². The lowest BCUT2D eigenvalue weighted by atomic mass is 10.2. The van der Waals surface area contributed by atoms with E-state index < -0.39 is 0 Å². The molecule has 0 bridgehead atoms. The average molecular weight is 165 g/mol. The first-order valence-corrected chi connectivity index (χ1v) is 4.34. The van der Waals surface area contributed by atoms with Crippen LogP contribution < -0.4 is 0 Å². The molecule has 0 aliphatic carbocycles. The molecule has 0 aromatic rings. The lowest BCUT2D eigenvalue weighted by Crippen LogP contribution is -2.41. The van der Waals surface area contributed by atoms with Gasteiger partial charge in [0, 0.05) is 19.2 Å². The maximum absolute atomic E-state index is 11.3. The van der Waals surface area contributed by atoms with E-state index in [0.717, 1.165) is 25.1 Å². The second kappa shape index (κ2) is 4.10. The molecule has 0 spiro atoms. The van der Waals surface area contributed by atoms with Crippen molar-refractivity contribution in [3.8, 4) is 0 Å². The number of likely N-dealkylation sites (tertiary alicyclic amines) is 1. The van der Waals surface area contributed by atoms with Crippen LogP contribution in [0.5, 0.6) is 0 Å².